The van der Waals surface area contributed by atoms with Gasteiger partial charge in [0.25, 0.3) is 5.56 Å². The largest absolute Gasteiger partial charge is 0.495 e. The number of nitrogens with one attached hydrogen (secondary N) is 2. The minimum atomic E-state index is -0.0955. The highest BCUT2D eigenvalue weighted by Gasteiger charge is 2.22. The zero-order valence-corrected chi connectivity index (χ0v) is 19.6. The molecule has 1 unspecified atom stereocenters. The molecule has 4 rings (SSSR count). The summed E-state index contributed by atoms with van der Waals surface area (Å²) >= 11 is 5.77. The summed E-state index contributed by atoms with van der Waals surface area (Å²) in [4.78, 5) is 18.0. The molecule has 1 aliphatic heterocycles. The van der Waals surface area contributed by atoms with Gasteiger partial charge < -0.3 is 24.7 Å². The summed E-state index contributed by atoms with van der Waals surface area (Å²) in [5.41, 5.74) is 4.47. The van der Waals surface area contributed by atoms with Crippen LogP contribution in [0.2, 0.25) is 0 Å². The van der Waals surface area contributed by atoms with Crippen LogP contribution in [-0.4, -0.2) is 41.4 Å². The zero-order valence-electron chi connectivity index (χ0n) is 18.7. The molecule has 2 heterocycles. The molecular weight excluding hydrogens is 422 g/mol. The first-order chi connectivity index (χ1) is 15.4. The summed E-state index contributed by atoms with van der Waals surface area (Å²) in [6, 6.07) is 13.8. The molecule has 6 nitrogen and oxygen atoms in total. The van der Waals surface area contributed by atoms with E-state index in [4.69, 9.17) is 21.7 Å². The molecule has 2 N–H and O–H groups in total. The van der Waals surface area contributed by atoms with Crippen molar-refractivity contribution in [1.82, 2.24) is 9.88 Å². The molecule has 168 valence electrons. The van der Waals surface area contributed by atoms with Crippen molar-refractivity contribution in [3.8, 4) is 5.75 Å². The third-order valence-electron chi connectivity index (χ3n) is 5.82. The third kappa shape index (κ3) is 4.95. The summed E-state index contributed by atoms with van der Waals surface area (Å²) in [5.74, 6) is 0.710. The van der Waals surface area contributed by atoms with Crippen molar-refractivity contribution in [1.29, 1.82) is 0 Å². The minimum absolute atomic E-state index is 0.0939. The molecule has 0 aliphatic carbocycles. The first kappa shape index (κ1) is 22.3. The summed E-state index contributed by atoms with van der Waals surface area (Å²) in [7, 11) is 1.63. The van der Waals surface area contributed by atoms with Gasteiger partial charge in [-0.2, -0.15) is 0 Å². The van der Waals surface area contributed by atoms with Crippen LogP contribution in [0.3, 0.4) is 0 Å². The maximum Gasteiger partial charge on any atom is 0.253 e. The van der Waals surface area contributed by atoms with Gasteiger partial charge in [0.1, 0.15) is 5.75 Å². The molecule has 0 bridgehead atoms. The van der Waals surface area contributed by atoms with E-state index in [0.29, 0.717) is 29.5 Å². The van der Waals surface area contributed by atoms with Gasteiger partial charge in [-0.1, -0.05) is 23.8 Å². The molecular formula is C25H29N3O3S. The molecule has 1 atom stereocenters. The Morgan fingerprint density at radius 3 is 2.84 bits per heavy atom. The summed E-state index contributed by atoms with van der Waals surface area (Å²) in [6.45, 7) is 5.85. The van der Waals surface area contributed by atoms with Crippen LogP contribution in [-0.2, 0) is 11.3 Å². The van der Waals surface area contributed by atoms with Gasteiger partial charge in [-0.25, -0.2) is 0 Å². The van der Waals surface area contributed by atoms with E-state index < -0.39 is 0 Å². The Kier molecular flexibility index (Phi) is 6.77. The Labute approximate surface area is 193 Å². The number of nitrogens with zero attached hydrogens (tertiary/aromatic N) is 1. The van der Waals surface area contributed by atoms with Crippen molar-refractivity contribution in [2.24, 2.45) is 0 Å². The molecule has 2 aromatic carbocycles. The summed E-state index contributed by atoms with van der Waals surface area (Å²) in [5, 5.41) is 4.85. The molecule has 32 heavy (non-hydrogen) atoms. The monoisotopic (exact) mass is 451 g/mol. The van der Waals surface area contributed by atoms with Gasteiger partial charge >= 0.3 is 0 Å². The predicted octanol–water partition coefficient (Wildman–Crippen LogP) is 4.53. The number of para-hydroxylation sites is 2. The normalized spacial score (nSPS) is 15.7. The predicted molar refractivity (Wildman–Crippen MR) is 133 cm³/mol. The van der Waals surface area contributed by atoms with E-state index in [1.54, 1.807) is 7.11 Å². The van der Waals surface area contributed by atoms with Crippen molar-refractivity contribution in [3.05, 3.63) is 69.5 Å². The second-order valence-corrected chi connectivity index (χ2v) is 8.70. The molecule has 1 aliphatic rings. The second kappa shape index (κ2) is 9.71. The maximum absolute atomic E-state index is 12.9. The van der Waals surface area contributed by atoms with Gasteiger partial charge in [0.15, 0.2) is 5.11 Å². The van der Waals surface area contributed by atoms with E-state index in [9.17, 15) is 4.79 Å². The van der Waals surface area contributed by atoms with E-state index in [-0.39, 0.29) is 11.7 Å². The van der Waals surface area contributed by atoms with Crippen LogP contribution >= 0.6 is 12.2 Å². The van der Waals surface area contributed by atoms with Gasteiger partial charge in [-0.3, -0.25) is 4.79 Å². The molecule has 3 aromatic rings. The standard InChI is InChI=1S/C25H29N3O3S/c1-16-11-17(2)23-18(12-16)13-19(24(29)27-23)14-28(15-20-7-6-10-31-20)25(32)26-21-8-4-5-9-22(21)30-3/h4-5,8-9,11-13,20H,6-7,10,14-15H2,1-3H3,(H,26,32)(H,27,29). The molecule has 0 saturated carbocycles. The highest BCUT2D eigenvalue weighted by atomic mass is 32.1. The lowest BCUT2D eigenvalue weighted by atomic mass is 10.1. The lowest BCUT2D eigenvalue weighted by Crippen LogP contribution is -2.40. The van der Waals surface area contributed by atoms with Crippen LogP contribution < -0.4 is 15.6 Å². The average Bonchev–Trinajstić information content (AvgIpc) is 3.28. The van der Waals surface area contributed by atoms with E-state index in [1.807, 2.05) is 42.2 Å². The van der Waals surface area contributed by atoms with E-state index in [1.165, 1.54) is 0 Å². The van der Waals surface area contributed by atoms with Gasteiger partial charge in [0, 0.05) is 18.7 Å². The lowest BCUT2D eigenvalue weighted by molar-refractivity contribution is 0.0904. The average molecular weight is 452 g/mol. The maximum atomic E-state index is 12.9. The van der Waals surface area contributed by atoms with Crippen molar-refractivity contribution in [2.45, 2.75) is 39.3 Å². The number of pyridine rings is 1. The topological polar surface area (TPSA) is 66.6 Å². The SMILES string of the molecule is COc1ccccc1NC(=S)N(Cc1cc2cc(C)cc(C)c2[nH]c1=O)CC1CCCO1. The first-order valence-electron chi connectivity index (χ1n) is 10.9. The number of methoxy groups -OCH3 is 1. The Bertz CT molecular complexity index is 1180. The summed E-state index contributed by atoms with van der Waals surface area (Å²) in [6.07, 6.45) is 2.12. The van der Waals surface area contributed by atoms with Crippen molar-refractivity contribution in [3.63, 3.8) is 0 Å². The van der Waals surface area contributed by atoms with Crippen molar-refractivity contribution < 1.29 is 9.47 Å². The van der Waals surface area contributed by atoms with Gasteiger partial charge in [0.05, 0.1) is 31.0 Å². The fourth-order valence-electron chi connectivity index (χ4n) is 4.25. The number of aromatic nitrogens is 1. The van der Waals surface area contributed by atoms with Crippen molar-refractivity contribution >= 4 is 33.9 Å². The van der Waals surface area contributed by atoms with Gasteiger partial charge in [-0.05, 0) is 74.1 Å². The first-order valence-corrected chi connectivity index (χ1v) is 11.3. The zero-order chi connectivity index (χ0) is 22.7. The number of thiocarbonyl (C=S) groups is 1. The molecule has 0 radical (unpaired) electrons. The minimum Gasteiger partial charge on any atom is -0.495 e. The second-order valence-electron chi connectivity index (χ2n) is 8.32. The van der Waals surface area contributed by atoms with Crippen LogP contribution in [0.4, 0.5) is 5.69 Å². The fraction of sp³-hybridized carbons (Fsp3) is 0.360. The van der Waals surface area contributed by atoms with Crippen LogP contribution in [0, 0.1) is 13.8 Å². The molecule has 7 heteroatoms. The van der Waals surface area contributed by atoms with Crippen LogP contribution in [0.1, 0.15) is 29.5 Å². The highest BCUT2D eigenvalue weighted by molar-refractivity contribution is 7.80. The molecule has 1 saturated heterocycles. The molecule has 0 spiro atoms. The summed E-state index contributed by atoms with van der Waals surface area (Å²) < 4.78 is 11.3. The van der Waals surface area contributed by atoms with Crippen LogP contribution in [0.25, 0.3) is 10.9 Å². The Morgan fingerprint density at radius 2 is 2.09 bits per heavy atom. The molecule has 1 aromatic heterocycles. The smallest absolute Gasteiger partial charge is 0.253 e. The number of aryl methyl sites for hydroxylation is 2. The number of rotatable bonds is 6. The Hall–Kier alpha value is -2.90. The fourth-order valence-corrected chi connectivity index (χ4v) is 4.50. The van der Waals surface area contributed by atoms with E-state index in [0.717, 1.165) is 47.2 Å². The number of hydrogen-bond acceptors (Lipinski definition) is 4. The number of aromatic amines is 1. The number of hydrogen-bond donors (Lipinski definition) is 2. The van der Waals surface area contributed by atoms with E-state index >= 15 is 0 Å². The Morgan fingerprint density at radius 1 is 1.28 bits per heavy atom. The third-order valence-corrected chi connectivity index (χ3v) is 6.18. The number of H-pyrrole nitrogens is 1. The van der Waals surface area contributed by atoms with Crippen molar-refractivity contribution in [2.75, 3.05) is 25.6 Å². The van der Waals surface area contributed by atoms with Crippen LogP contribution in [0.15, 0.2) is 47.3 Å². The number of anilines is 1. The number of benzene rings is 2. The quantitative estimate of drug-likeness (QED) is 0.537. The number of ether oxygens (including phenoxy) is 2. The molecule has 1 fully saturated rings. The van der Waals surface area contributed by atoms with Crippen LogP contribution in [0.5, 0.6) is 5.75 Å². The Balaban J connectivity index is 1.64. The van der Waals surface area contributed by atoms with E-state index in [2.05, 4.69) is 29.4 Å². The van der Waals surface area contributed by atoms with Gasteiger partial charge in [0.2, 0.25) is 0 Å². The highest BCUT2D eigenvalue weighted by Crippen LogP contribution is 2.25. The number of fused-ring (bicyclic) bond motifs is 1. The lowest BCUT2D eigenvalue weighted by Gasteiger charge is -2.28. The molecule has 0 amide bonds. The van der Waals surface area contributed by atoms with Gasteiger partial charge in [-0.15, -0.1) is 0 Å².